The molecule has 0 saturated carbocycles. The summed E-state index contributed by atoms with van der Waals surface area (Å²) in [6.45, 7) is 3.68. The molecule has 0 aliphatic rings. The Morgan fingerprint density at radius 3 is 2.06 bits per heavy atom. The first-order valence-corrected chi connectivity index (χ1v) is 6.58. The van der Waals surface area contributed by atoms with E-state index < -0.39 is 5.97 Å². The molecule has 0 amide bonds. The van der Waals surface area contributed by atoms with Gasteiger partial charge in [-0.05, 0) is 38.5 Å². The van der Waals surface area contributed by atoms with Crippen molar-refractivity contribution >= 4 is 5.97 Å². The van der Waals surface area contributed by atoms with Crippen molar-refractivity contribution in [1.82, 2.24) is 0 Å². The molecule has 0 spiro atoms. The van der Waals surface area contributed by atoms with E-state index in [1.54, 1.807) is 0 Å². The van der Waals surface area contributed by atoms with Gasteiger partial charge < -0.3 is 5.11 Å². The average molecular weight is 248 g/mol. The van der Waals surface area contributed by atoms with Gasteiger partial charge in [-0.3, -0.25) is 4.79 Å². The minimum Gasteiger partial charge on any atom is -0.481 e. The molecule has 0 rings (SSSR count). The Balaban J connectivity index is 3.39. The van der Waals surface area contributed by atoms with Crippen molar-refractivity contribution in [1.29, 1.82) is 0 Å². The predicted molar refractivity (Wildman–Crippen MR) is 77.6 cm³/mol. The third kappa shape index (κ3) is 14.4. The summed E-state index contributed by atoms with van der Waals surface area (Å²) in [5.74, 6) is -0.708. The molecule has 0 heterocycles. The molecule has 0 fully saturated rings. The maximum absolute atomic E-state index is 10.3. The number of carboxylic acid groups (broad SMARTS) is 1. The summed E-state index contributed by atoms with van der Waals surface area (Å²) in [6.07, 6.45) is 20.5. The number of hydrogen-bond donors (Lipinski definition) is 1. The van der Waals surface area contributed by atoms with Crippen molar-refractivity contribution < 1.29 is 9.90 Å². The third-order valence-electron chi connectivity index (χ3n) is 2.40. The number of aliphatic carboxylic acids is 1. The van der Waals surface area contributed by atoms with Crippen molar-refractivity contribution in [2.24, 2.45) is 0 Å². The molecule has 2 nitrogen and oxygen atoms in total. The van der Waals surface area contributed by atoms with Crippen molar-refractivity contribution in [2.45, 2.75) is 44.9 Å². The predicted octanol–water partition coefficient (Wildman–Crippen LogP) is 4.66. The van der Waals surface area contributed by atoms with Crippen molar-refractivity contribution in [3.05, 3.63) is 49.1 Å². The van der Waals surface area contributed by atoms with Gasteiger partial charge in [0.15, 0.2) is 0 Å². The Morgan fingerprint density at radius 1 is 0.889 bits per heavy atom. The Morgan fingerprint density at radius 2 is 1.50 bits per heavy atom. The van der Waals surface area contributed by atoms with Gasteiger partial charge in [-0.25, -0.2) is 0 Å². The highest BCUT2D eigenvalue weighted by Gasteiger charge is 1.93. The lowest BCUT2D eigenvalue weighted by atomic mass is 10.2. The molecule has 0 unspecified atom stereocenters. The topological polar surface area (TPSA) is 37.3 Å². The largest absolute Gasteiger partial charge is 0.481 e. The summed E-state index contributed by atoms with van der Waals surface area (Å²) in [5.41, 5.74) is 0. The van der Waals surface area contributed by atoms with Crippen LogP contribution in [0.15, 0.2) is 49.1 Å². The monoisotopic (exact) mass is 248 g/mol. The minimum absolute atomic E-state index is 0.275. The van der Waals surface area contributed by atoms with E-state index in [9.17, 15) is 4.79 Å². The Labute approximate surface area is 110 Å². The molecule has 0 bridgehead atoms. The van der Waals surface area contributed by atoms with Crippen LogP contribution in [-0.2, 0) is 4.79 Å². The van der Waals surface area contributed by atoms with Gasteiger partial charge in [0.25, 0.3) is 0 Å². The maximum Gasteiger partial charge on any atom is 0.303 e. The highest BCUT2D eigenvalue weighted by molar-refractivity contribution is 5.66. The summed E-state index contributed by atoms with van der Waals surface area (Å²) >= 11 is 0. The van der Waals surface area contributed by atoms with Crippen LogP contribution in [0.3, 0.4) is 0 Å². The first-order chi connectivity index (χ1) is 8.77. The fraction of sp³-hybridized carbons (Fsp3) is 0.438. The smallest absolute Gasteiger partial charge is 0.303 e. The van der Waals surface area contributed by atoms with Crippen molar-refractivity contribution in [3.8, 4) is 0 Å². The summed E-state index contributed by atoms with van der Waals surface area (Å²) in [4.78, 5) is 10.3. The van der Waals surface area contributed by atoms with Gasteiger partial charge in [-0.15, -0.1) is 6.58 Å². The molecule has 2 heteroatoms. The van der Waals surface area contributed by atoms with Gasteiger partial charge in [0.1, 0.15) is 0 Å². The summed E-state index contributed by atoms with van der Waals surface area (Å²) in [5, 5.41) is 8.45. The van der Waals surface area contributed by atoms with Gasteiger partial charge in [0, 0.05) is 6.42 Å². The van der Waals surface area contributed by atoms with Crippen LogP contribution in [0.1, 0.15) is 44.9 Å². The molecular weight excluding hydrogens is 224 g/mol. The minimum atomic E-state index is -0.708. The number of allylic oxidation sites excluding steroid dienone is 7. The number of hydrogen-bond acceptors (Lipinski definition) is 1. The van der Waals surface area contributed by atoms with Crippen LogP contribution in [-0.4, -0.2) is 11.1 Å². The summed E-state index contributed by atoms with van der Waals surface area (Å²) in [6, 6.07) is 0. The SMILES string of the molecule is C=CCCC/C=C/C=C/C=C/CCCCC(=O)O. The number of carboxylic acids is 1. The first-order valence-electron chi connectivity index (χ1n) is 6.58. The average Bonchev–Trinajstić information content (AvgIpc) is 2.34. The van der Waals surface area contributed by atoms with Crippen LogP contribution >= 0.6 is 0 Å². The Kier molecular flexibility index (Phi) is 12.3. The van der Waals surface area contributed by atoms with Gasteiger partial charge in [0.2, 0.25) is 0 Å². The van der Waals surface area contributed by atoms with Gasteiger partial charge in [0.05, 0.1) is 0 Å². The fourth-order valence-corrected chi connectivity index (χ4v) is 1.40. The van der Waals surface area contributed by atoms with E-state index in [0.29, 0.717) is 0 Å². The van der Waals surface area contributed by atoms with E-state index in [4.69, 9.17) is 5.11 Å². The number of carbonyl (C=O) groups is 1. The lowest BCUT2D eigenvalue weighted by molar-refractivity contribution is -0.137. The maximum atomic E-state index is 10.3. The van der Waals surface area contributed by atoms with E-state index in [1.165, 1.54) is 0 Å². The summed E-state index contributed by atoms with van der Waals surface area (Å²) in [7, 11) is 0. The lowest BCUT2D eigenvalue weighted by Crippen LogP contribution is -1.92. The number of unbranched alkanes of at least 4 members (excludes halogenated alkanes) is 4. The molecule has 0 radical (unpaired) electrons. The van der Waals surface area contributed by atoms with Crippen LogP contribution < -0.4 is 0 Å². The molecule has 0 aromatic carbocycles. The van der Waals surface area contributed by atoms with Gasteiger partial charge in [-0.1, -0.05) is 42.5 Å². The highest BCUT2D eigenvalue weighted by Crippen LogP contribution is 2.01. The van der Waals surface area contributed by atoms with Gasteiger partial charge in [-0.2, -0.15) is 0 Å². The second-order valence-corrected chi connectivity index (χ2v) is 4.10. The van der Waals surface area contributed by atoms with Crippen molar-refractivity contribution in [3.63, 3.8) is 0 Å². The zero-order chi connectivity index (χ0) is 13.5. The zero-order valence-electron chi connectivity index (χ0n) is 11.1. The normalized spacial score (nSPS) is 11.8. The van der Waals surface area contributed by atoms with Crippen LogP contribution in [0.25, 0.3) is 0 Å². The molecule has 0 aromatic rings. The van der Waals surface area contributed by atoms with Crippen molar-refractivity contribution in [2.75, 3.05) is 0 Å². The van der Waals surface area contributed by atoms with E-state index in [-0.39, 0.29) is 6.42 Å². The van der Waals surface area contributed by atoms with Crippen LogP contribution in [0.5, 0.6) is 0 Å². The fourth-order valence-electron chi connectivity index (χ4n) is 1.40. The molecule has 18 heavy (non-hydrogen) atoms. The van der Waals surface area contributed by atoms with Crippen LogP contribution in [0.2, 0.25) is 0 Å². The van der Waals surface area contributed by atoms with Crippen LogP contribution in [0.4, 0.5) is 0 Å². The molecular formula is C16H24O2. The molecule has 1 N–H and O–H groups in total. The second kappa shape index (κ2) is 13.5. The Hall–Kier alpha value is -1.57. The lowest BCUT2D eigenvalue weighted by Gasteiger charge is -1.91. The first kappa shape index (κ1) is 16.4. The standard InChI is InChI=1S/C16H24O2/c1-2-3-4-5-6-7-8-9-10-11-12-13-14-15-16(17)18/h2,6-11H,1,3-5,12-15H2,(H,17,18)/b7-6+,9-8+,11-10+. The van der Waals surface area contributed by atoms with E-state index in [1.807, 2.05) is 24.3 Å². The molecule has 0 aliphatic carbocycles. The van der Waals surface area contributed by atoms with Gasteiger partial charge >= 0.3 is 5.97 Å². The molecule has 100 valence electrons. The molecule has 0 atom stereocenters. The quantitative estimate of drug-likeness (QED) is 0.328. The van der Waals surface area contributed by atoms with Crippen LogP contribution in [0, 0.1) is 0 Å². The van der Waals surface area contributed by atoms with E-state index >= 15 is 0 Å². The highest BCUT2D eigenvalue weighted by atomic mass is 16.4. The number of rotatable bonds is 11. The third-order valence-corrected chi connectivity index (χ3v) is 2.40. The zero-order valence-corrected chi connectivity index (χ0v) is 11.1. The molecule has 0 aliphatic heterocycles. The van der Waals surface area contributed by atoms with E-state index in [2.05, 4.69) is 24.8 Å². The second-order valence-electron chi connectivity index (χ2n) is 4.10. The Bertz CT molecular complexity index is 298. The summed E-state index contributed by atoms with van der Waals surface area (Å²) < 4.78 is 0. The van der Waals surface area contributed by atoms with E-state index in [0.717, 1.165) is 38.5 Å². The molecule has 0 aromatic heterocycles. The molecule has 0 saturated heterocycles.